The van der Waals surface area contributed by atoms with Crippen LogP contribution in [0.25, 0.3) is 0 Å². The number of hydrogen-bond acceptors (Lipinski definition) is 6. The van der Waals surface area contributed by atoms with Gasteiger partial charge in [0.1, 0.15) is 0 Å². The zero-order chi connectivity index (χ0) is 27.7. The second-order valence-corrected chi connectivity index (χ2v) is 10.3. The fourth-order valence-electron chi connectivity index (χ4n) is 6.17. The van der Waals surface area contributed by atoms with Crippen molar-refractivity contribution in [2.24, 2.45) is 0 Å². The van der Waals surface area contributed by atoms with Crippen LogP contribution in [0.4, 0.5) is 0 Å². The Bertz CT molecular complexity index is 1330. The number of halogens is 1. The van der Waals surface area contributed by atoms with Crippen LogP contribution in [0.3, 0.4) is 0 Å². The molecule has 3 aromatic rings. The van der Waals surface area contributed by atoms with E-state index in [4.69, 9.17) is 28.4 Å². The Morgan fingerprint density at radius 1 is 0.553 bits per heavy atom. The van der Waals surface area contributed by atoms with Gasteiger partial charge in [-0.1, -0.05) is 15.9 Å². The van der Waals surface area contributed by atoms with Gasteiger partial charge >= 0.3 is 0 Å². The molecule has 38 heavy (non-hydrogen) atoms. The number of ether oxygens (including phenoxy) is 6. The Morgan fingerprint density at radius 3 is 1.47 bits per heavy atom. The number of aryl methyl sites for hydroxylation is 3. The van der Waals surface area contributed by atoms with Crippen LogP contribution in [0.2, 0.25) is 0 Å². The van der Waals surface area contributed by atoms with Crippen LogP contribution < -0.4 is 28.4 Å². The Hall–Kier alpha value is -3.06. The highest BCUT2D eigenvalue weighted by Crippen LogP contribution is 2.62. The maximum Gasteiger partial charge on any atom is 0.164 e. The molecule has 0 bridgehead atoms. The molecule has 3 atom stereocenters. The van der Waals surface area contributed by atoms with Gasteiger partial charge in [-0.2, -0.15) is 0 Å². The fraction of sp³-hybridized carbons (Fsp3) is 0.419. The third-order valence-corrected chi connectivity index (χ3v) is 8.53. The van der Waals surface area contributed by atoms with Gasteiger partial charge in [0.15, 0.2) is 34.5 Å². The van der Waals surface area contributed by atoms with Gasteiger partial charge in [-0.25, -0.2) is 0 Å². The SMILES string of the molecule is COc1cc(C)c(C2c3c(OC)c(OC)cc(C)c3C(CBr)C2c2cc(OC)c(OC)cc2C)cc1OC. The summed E-state index contributed by atoms with van der Waals surface area (Å²) in [6, 6.07) is 10.4. The van der Waals surface area contributed by atoms with Crippen LogP contribution in [0.1, 0.15) is 56.7 Å². The molecule has 204 valence electrons. The molecule has 4 rings (SSSR count). The second kappa shape index (κ2) is 11.4. The molecule has 0 fully saturated rings. The van der Waals surface area contributed by atoms with Crippen molar-refractivity contribution in [3.8, 4) is 34.5 Å². The van der Waals surface area contributed by atoms with Crippen molar-refractivity contribution in [3.05, 3.63) is 69.3 Å². The monoisotopic (exact) mass is 584 g/mol. The van der Waals surface area contributed by atoms with Gasteiger partial charge in [-0.05, 0) is 84.5 Å². The van der Waals surface area contributed by atoms with E-state index in [1.54, 1.807) is 42.7 Å². The average Bonchev–Trinajstić information content (AvgIpc) is 3.27. The summed E-state index contributed by atoms with van der Waals surface area (Å²) in [6.07, 6.45) is 0. The molecule has 0 aliphatic heterocycles. The summed E-state index contributed by atoms with van der Waals surface area (Å²) >= 11 is 3.89. The van der Waals surface area contributed by atoms with E-state index in [0.29, 0.717) is 23.0 Å². The van der Waals surface area contributed by atoms with Crippen molar-refractivity contribution < 1.29 is 28.4 Å². The first-order valence-electron chi connectivity index (χ1n) is 12.6. The minimum absolute atomic E-state index is 0.0482. The highest BCUT2D eigenvalue weighted by molar-refractivity contribution is 9.09. The van der Waals surface area contributed by atoms with Gasteiger partial charge in [0, 0.05) is 28.6 Å². The lowest BCUT2D eigenvalue weighted by molar-refractivity contribution is 0.349. The van der Waals surface area contributed by atoms with Crippen molar-refractivity contribution in [2.75, 3.05) is 48.0 Å². The molecule has 7 heteroatoms. The normalized spacial score (nSPS) is 18.1. The minimum atomic E-state index is -0.0482. The number of benzene rings is 3. The van der Waals surface area contributed by atoms with Gasteiger partial charge < -0.3 is 28.4 Å². The Morgan fingerprint density at radius 2 is 1.00 bits per heavy atom. The zero-order valence-corrected chi connectivity index (χ0v) is 25.2. The quantitative estimate of drug-likeness (QED) is 0.251. The zero-order valence-electron chi connectivity index (χ0n) is 23.7. The molecule has 0 radical (unpaired) electrons. The molecule has 0 aromatic heterocycles. The molecule has 6 nitrogen and oxygen atoms in total. The van der Waals surface area contributed by atoms with Gasteiger partial charge in [0.2, 0.25) is 0 Å². The smallest absolute Gasteiger partial charge is 0.164 e. The first kappa shape index (κ1) is 28.0. The molecule has 0 amide bonds. The van der Waals surface area contributed by atoms with Gasteiger partial charge in [0.05, 0.1) is 42.7 Å². The molecule has 1 aliphatic carbocycles. The molecule has 0 heterocycles. The van der Waals surface area contributed by atoms with Gasteiger partial charge in [-0.3, -0.25) is 0 Å². The first-order chi connectivity index (χ1) is 18.3. The lowest BCUT2D eigenvalue weighted by Crippen LogP contribution is -2.16. The Kier molecular flexibility index (Phi) is 8.36. The number of fused-ring (bicyclic) bond motifs is 1. The van der Waals surface area contributed by atoms with E-state index < -0.39 is 0 Å². The van der Waals surface area contributed by atoms with E-state index in [2.05, 4.69) is 61.0 Å². The summed E-state index contributed by atoms with van der Waals surface area (Å²) in [4.78, 5) is 0. The van der Waals surface area contributed by atoms with E-state index in [1.807, 2.05) is 6.07 Å². The van der Waals surface area contributed by atoms with Crippen molar-refractivity contribution in [1.82, 2.24) is 0 Å². The number of alkyl halides is 1. The predicted octanol–water partition coefficient (Wildman–Crippen LogP) is 7.07. The van der Waals surface area contributed by atoms with Crippen molar-refractivity contribution in [1.29, 1.82) is 0 Å². The Balaban J connectivity index is 2.13. The van der Waals surface area contributed by atoms with Gasteiger partial charge in [-0.15, -0.1) is 0 Å². The molecule has 1 aliphatic rings. The van der Waals surface area contributed by atoms with E-state index in [0.717, 1.165) is 39.1 Å². The third-order valence-electron chi connectivity index (χ3n) is 7.83. The number of rotatable bonds is 9. The summed E-state index contributed by atoms with van der Waals surface area (Å²) in [5.41, 5.74) is 8.19. The van der Waals surface area contributed by atoms with Gasteiger partial charge in [0.25, 0.3) is 0 Å². The second-order valence-electron chi connectivity index (χ2n) is 9.65. The first-order valence-corrected chi connectivity index (χ1v) is 13.7. The van der Waals surface area contributed by atoms with Crippen LogP contribution in [0.15, 0.2) is 30.3 Å². The van der Waals surface area contributed by atoms with Crippen molar-refractivity contribution in [3.63, 3.8) is 0 Å². The topological polar surface area (TPSA) is 55.4 Å². The molecule has 0 saturated heterocycles. The molecule has 3 aromatic carbocycles. The van der Waals surface area contributed by atoms with E-state index in [-0.39, 0.29) is 17.8 Å². The van der Waals surface area contributed by atoms with Crippen LogP contribution in [-0.2, 0) is 0 Å². The van der Waals surface area contributed by atoms with E-state index in [9.17, 15) is 0 Å². The minimum Gasteiger partial charge on any atom is -0.493 e. The highest BCUT2D eigenvalue weighted by atomic mass is 79.9. The molecule has 0 saturated carbocycles. The Labute approximate surface area is 234 Å². The van der Waals surface area contributed by atoms with Crippen molar-refractivity contribution >= 4 is 15.9 Å². The molecule has 0 spiro atoms. The summed E-state index contributed by atoms with van der Waals surface area (Å²) < 4.78 is 34.7. The summed E-state index contributed by atoms with van der Waals surface area (Å²) in [5.74, 6) is 4.50. The fourth-order valence-corrected chi connectivity index (χ4v) is 6.89. The maximum absolute atomic E-state index is 6.07. The van der Waals surface area contributed by atoms with Crippen molar-refractivity contribution in [2.45, 2.75) is 38.5 Å². The molecule has 3 unspecified atom stereocenters. The van der Waals surface area contributed by atoms with Crippen LogP contribution in [0, 0.1) is 20.8 Å². The summed E-state index contributed by atoms with van der Waals surface area (Å²) in [7, 11) is 10.1. The molecular formula is C31H37BrO6. The third kappa shape index (κ3) is 4.45. The highest BCUT2D eigenvalue weighted by Gasteiger charge is 2.47. The van der Waals surface area contributed by atoms with Crippen LogP contribution in [-0.4, -0.2) is 48.0 Å². The van der Waals surface area contributed by atoms with Crippen LogP contribution >= 0.6 is 15.9 Å². The number of methoxy groups -OCH3 is 6. The summed E-state index contributed by atoms with van der Waals surface area (Å²) in [5, 5.41) is 0.775. The predicted molar refractivity (Wildman–Crippen MR) is 154 cm³/mol. The maximum atomic E-state index is 6.07. The van der Waals surface area contributed by atoms with Crippen LogP contribution in [0.5, 0.6) is 34.5 Å². The largest absolute Gasteiger partial charge is 0.493 e. The lowest BCUT2D eigenvalue weighted by Gasteiger charge is -2.29. The van der Waals surface area contributed by atoms with E-state index >= 15 is 0 Å². The molecule has 0 N–H and O–H groups in total. The molecular weight excluding hydrogens is 548 g/mol. The number of hydrogen-bond donors (Lipinski definition) is 0. The summed E-state index contributed by atoms with van der Waals surface area (Å²) in [6.45, 7) is 6.41. The van der Waals surface area contributed by atoms with E-state index in [1.165, 1.54) is 16.7 Å². The standard InChI is InChI=1S/C31H37BrO6/c1-16-10-22(33-4)24(35-6)13-19(16)28-21(15-32)27-18(3)12-26(37-8)31(38-9)30(27)29(28)20-14-25(36-7)23(34-5)11-17(20)2/h10-14,21,28-29H,15H2,1-9H3. The lowest BCUT2D eigenvalue weighted by atomic mass is 9.75. The average molecular weight is 586 g/mol.